The molecule has 282 valence electrons. The molecule has 0 bridgehead atoms. The van der Waals surface area contributed by atoms with Crippen LogP contribution in [0.4, 0.5) is 0 Å². The summed E-state index contributed by atoms with van der Waals surface area (Å²) in [4.78, 5) is 12.2. The van der Waals surface area contributed by atoms with Crippen molar-refractivity contribution in [1.29, 1.82) is 0 Å². The third-order valence-electron chi connectivity index (χ3n) is 8.52. The highest BCUT2D eigenvalue weighted by Crippen LogP contribution is 2.11. The summed E-state index contributed by atoms with van der Waals surface area (Å²) in [5.74, 6) is -0.224. The summed E-state index contributed by atoms with van der Waals surface area (Å²) in [5.41, 5.74) is 0. The number of ether oxygens (including phenoxy) is 2. The Morgan fingerprint density at radius 2 is 0.918 bits per heavy atom. The van der Waals surface area contributed by atoms with E-state index < -0.39 is 6.10 Å². The van der Waals surface area contributed by atoms with E-state index >= 15 is 0 Å². The van der Waals surface area contributed by atoms with E-state index in [0.29, 0.717) is 13.0 Å². The van der Waals surface area contributed by atoms with E-state index in [1.807, 2.05) is 0 Å². The zero-order valence-corrected chi connectivity index (χ0v) is 32.2. The van der Waals surface area contributed by atoms with Gasteiger partial charge in [-0.25, -0.2) is 0 Å². The first-order valence-corrected chi connectivity index (χ1v) is 20.5. The standard InChI is InChI=1S/C45H78O4/c1-3-5-7-9-11-13-15-17-19-20-21-22-23-24-25-27-29-31-33-35-37-39-41-48-43-44(42-46)49-45(47)40-38-36-34-32-30-28-26-18-16-14-12-10-8-6-4-2/h6,8,12,14-15,17-18,20-21,23-24,26,44,46H,3-5,7,9-11,13,16,19,22,25,27-43H2,1-2H3/b8-6-,14-12-,17-15-,21-20-,24-23-,26-18-. The number of unbranched alkanes of at least 4 members (excludes halogenated alkanes) is 17. The summed E-state index contributed by atoms with van der Waals surface area (Å²) in [6, 6.07) is 0. The first-order valence-electron chi connectivity index (χ1n) is 20.5. The van der Waals surface area contributed by atoms with Gasteiger partial charge in [-0.2, -0.15) is 0 Å². The molecule has 0 radical (unpaired) electrons. The second-order valence-electron chi connectivity index (χ2n) is 13.3. The van der Waals surface area contributed by atoms with Gasteiger partial charge in [0.05, 0.1) is 13.2 Å². The molecule has 4 nitrogen and oxygen atoms in total. The quantitative estimate of drug-likeness (QED) is 0.0402. The van der Waals surface area contributed by atoms with Crippen LogP contribution in [0.1, 0.15) is 181 Å². The van der Waals surface area contributed by atoms with Crippen LogP contribution in [0.5, 0.6) is 0 Å². The fraction of sp³-hybridized carbons (Fsp3) is 0.711. The van der Waals surface area contributed by atoms with Crippen molar-refractivity contribution in [3.63, 3.8) is 0 Å². The molecule has 0 amide bonds. The van der Waals surface area contributed by atoms with Gasteiger partial charge in [0.15, 0.2) is 0 Å². The van der Waals surface area contributed by atoms with Crippen LogP contribution in [0.25, 0.3) is 0 Å². The molecule has 0 aromatic heterocycles. The molecular weight excluding hydrogens is 604 g/mol. The Bertz CT molecular complexity index is 850. The van der Waals surface area contributed by atoms with E-state index in [1.54, 1.807) is 0 Å². The fourth-order valence-corrected chi connectivity index (χ4v) is 5.47. The van der Waals surface area contributed by atoms with Crippen molar-refractivity contribution < 1.29 is 19.4 Å². The van der Waals surface area contributed by atoms with Crippen molar-refractivity contribution in [1.82, 2.24) is 0 Å². The Hall–Kier alpha value is -2.17. The minimum absolute atomic E-state index is 0.187. The van der Waals surface area contributed by atoms with E-state index in [1.165, 1.54) is 89.9 Å². The summed E-state index contributed by atoms with van der Waals surface area (Å²) in [7, 11) is 0. The maximum absolute atomic E-state index is 12.2. The zero-order chi connectivity index (χ0) is 35.6. The minimum atomic E-state index is -0.552. The normalized spacial score (nSPS) is 13.1. The summed E-state index contributed by atoms with van der Waals surface area (Å²) in [6.07, 6.45) is 56.7. The maximum Gasteiger partial charge on any atom is 0.306 e. The lowest BCUT2D eigenvalue weighted by atomic mass is 10.1. The van der Waals surface area contributed by atoms with Gasteiger partial charge in [-0.1, -0.05) is 164 Å². The number of allylic oxidation sites excluding steroid dienone is 12. The second-order valence-corrected chi connectivity index (χ2v) is 13.3. The predicted molar refractivity (Wildman–Crippen MR) is 214 cm³/mol. The molecule has 4 heteroatoms. The molecule has 0 fully saturated rings. The zero-order valence-electron chi connectivity index (χ0n) is 32.2. The Morgan fingerprint density at radius 3 is 1.39 bits per heavy atom. The van der Waals surface area contributed by atoms with Gasteiger partial charge >= 0.3 is 5.97 Å². The SMILES string of the molecule is CC/C=C\C/C=C\C/C=C\CCCCCCCC(=O)OC(CO)COCCCCCCCCC/C=C\C/C=C\C/C=C\CCCCCCC. The molecule has 0 aliphatic carbocycles. The van der Waals surface area contributed by atoms with E-state index in [-0.39, 0.29) is 19.2 Å². The van der Waals surface area contributed by atoms with Gasteiger partial charge in [0.2, 0.25) is 0 Å². The van der Waals surface area contributed by atoms with Crippen LogP contribution in [0.3, 0.4) is 0 Å². The van der Waals surface area contributed by atoms with Crippen LogP contribution >= 0.6 is 0 Å². The van der Waals surface area contributed by atoms with Crippen molar-refractivity contribution in [2.75, 3.05) is 19.8 Å². The smallest absolute Gasteiger partial charge is 0.306 e. The Balaban J connectivity index is 3.51. The van der Waals surface area contributed by atoms with Crippen molar-refractivity contribution in [3.05, 3.63) is 72.9 Å². The number of carbonyl (C=O) groups is 1. The van der Waals surface area contributed by atoms with E-state index in [0.717, 1.165) is 70.6 Å². The average molecular weight is 683 g/mol. The summed E-state index contributed by atoms with van der Waals surface area (Å²) in [5, 5.41) is 9.58. The lowest BCUT2D eigenvalue weighted by Crippen LogP contribution is -2.27. The molecule has 0 saturated heterocycles. The van der Waals surface area contributed by atoms with Gasteiger partial charge < -0.3 is 14.6 Å². The van der Waals surface area contributed by atoms with Gasteiger partial charge in [0.1, 0.15) is 6.10 Å². The van der Waals surface area contributed by atoms with Crippen LogP contribution in [-0.2, 0) is 14.3 Å². The van der Waals surface area contributed by atoms with Crippen molar-refractivity contribution >= 4 is 5.97 Å². The highest BCUT2D eigenvalue weighted by atomic mass is 16.6. The molecule has 0 aliphatic rings. The number of aliphatic hydroxyl groups excluding tert-OH is 1. The fourth-order valence-electron chi connectivity index (χ4n) is 5.47. The lowest BCUT2D eigenvalue weighted by Gasteiger charge is -2.15. The molecule has 0 aromatic carbocycles. The molecule has 0 aromatic rings. The minimum Gasteiger partial charge on any atom is -0.457 e. The summed E-state index contributed by atoms with van der Waals surface area (Å²) >= 11 is 0. The van der Waals surface area contributed by atoms with Crippen LogP contribution in [0.2, 0.25) is 0 Å². The predicted octanol–water partition coefficient (Wildman–Crippen LogP) is 13.4. The molecular formula is C45H78O4. The summed E-state index contributed by atoms with van der Waals surface area (Å²) in [6.45, 7) is 5.17. The lowest BCUT2D eigenvalue weighted by molar-refractivity contribution is -0.154. The van der Waals surface area contributed by atoms with Crippen LogP contribution in [0, 0.1) is 0 Å². The maximum atomic E-state index is 12.2. The Labute approximate surface area is 304 Å². The van der Waals surface area contributed by atoms with Crippen molar-refractivity contribution in [3.8, 4) is 0 Å². The largest absolute Gasteiger partial charge is 0.457 e. The first kappa shape index (κ1) is 46.8. The monoisotopic (exact) mass is 683 g/mol. The van der Waals surface area contributed by atoms with Crippen LogP contribution in [0.15, 0.2) is 72.9 Å². The van der Waals surface area contributed by atoms with Gasteiger partial charge in [-0.3, -0.25) is 4.79 Å². The Morgan fingerprint density at radius 1 is 0.510 bits per heavy atom. The number of hydrogen-bond acceptors (Lipinski definition) is 4. The third-order valence-corrected chi connectivity index (χ3v) is 8.52. The molecule has 0 aliphatic heterocycles. The van der Waals surface area contributed by atoms with E-state index in [4.69, 9.17) is 9.47 Å². The van der Waals surface area contributed by atoms with Crippen molar-refractivity contribution in [2.24, 2.45) is 0 Å². The van der Waals surface area contributed by atoms with Crippen LogP contribution in [-0.4, -0.2) is 37.0 Å². The number of aliphatic hydroxyl groups is 1. The van der Waals surface area contributed by atoms with Gasteiger partial charge in [-0.05, 0) is 83.5 Å². The molecule has 1 unspecified atom stereocenters. The van der Waals surface area contributed by atoms with Gasteiger partial charge in [0, 0.05) is 13.0 Å². The molecule has 0 rings (SSSR count). The molecule has 0 spiro atoms. The Kier molecular flexibility index (Phi) is 40.1. The average Bonchev–Trinajstić information content (AvgIpc) is 3.11. The van der Waals surface area contributed by atoms with Crippen LogP contribution < -0.4 is 0 Å². The van der Waals surface area contributed by atoms with Crippen molar-refractivity contribution in [2.45, 2.75) is 187 Å². The number of hydrogen-bond donors (Lipinski definition) is 1. The first-order chi connectivity index (χ1) is 24.2. The highest BCUT2D eigenvalue weighted by molar-refractivity contribution is 5.69. The third kappa shape index (κ3) is 40.1. The number of carbonyl (C=O) groups excluding carboxylic acids is 1. The molecule has 49 heavy (non-hydrogen) atoms. The van der Waals surface area contributed by atoms with Gasteiger partial charge in [-0.15, -0.1) is 0 Å². The molecule has 0 saturated carbocycles. The van der Waals surface area contributed by atoms with E-state index in [9.17, 15) is 9.90 Å². The van der Waals surface area contributed by atoms with E-state index in [2.05, 4.69) is 86.8 Å². The second kappa shape index (κ2) is 42.0. The highest BCUT2D eigenvalue weighted by Gasteiger charge is 2.13. The summed E-state index contributed by atoms with van der Waals surface area (Å²) < 4.78 is 11.1. The molecule has 1 N–H and O–H groups in total. The van der Waals surface area contributed by atoms with Gasteiger partial charge in [0.25, 0.3) is 0 Å². The number of esters is 1. The molecule has 1 atom stereocenters. The topological polar surface area (TPSA) is 55.8 Å². The molecule has 0 heterocycles. The number of rotatable bonds is 37.